The number of phenols is 1. The van der Waals surface area contributed by atoms with E-state index in [1.807, 2.05) is 12.1 Å². The van der Waals surface area contributed by atoms with Gasteiger partial charge in [0.1, 0.15) is 5.75 Å². The van der Waals surface area contributed by atoms with Gasteiger partial charge in [-0.3, -0.25) is 0 Å². The zero-order chi connectivity index (χ0) is 9.84. The molecule has 0 aliphatic rings. The monoisotopic (exact) mass is 252 g/mol. The highest BCUT2D eigenvalue weighted by molar-refractivity contribution is 5.85. The zero-order valence-corrected chi connectivity index (χ0v) is 10.3. The Kier molecular flexibility index (Phi) is 8.77. The summed E-state index contributed by atoms with van der Waals surface area (Å²) in [4.78, 5) is 0. The van der Waals surface area contributed by atoms with Gasteiger partial charge in [-0.05, 0) is 12.0 Å². The van der Waals surface area contributed by atoms with E-state index in [9.17, 15) is 5.11 Å². The Labute approximate surface area is 103 Å². The van der Waals surface area contributed by atoms with Gasteiger partial charge in [0.05, 0.1) is 0 Å². The van der Waals surface area contributed by atoms with Gasteiger partial charge in [0, 0.05) is 24.2 Å². The molecule has 0 spiro atoms. The normalized spacial score (nSPS) is 9.00. The van der Waals surface area contributed by atoms with Crippen molar-refractivity contribution in [3.63, 3.8) is 0 Å². The van der Waals surface area contributed by atoms with Crippen molar-refractivity contribution in [1.82, 2.24) is 0 Å². The van der Waals surface area contributed by atoms with Gasteiger partial charge in [-0.15, -0.1) is 24.8 Å². The van der Waals surface area contributed by atoms with Crippen molar-refractivity contribution in [2.45, 2.75) is 26.4 Å². The molecule has 15 heavy (non-hydrogen) atoms. The molecule has 0 atom stereocenters. The third kappa shape index (κ3) is 3.87. The molecule has 1 aromatic rings. The summed E-state index contributed by atoms with van der Waals surface area (Å²) in [5, 5.41) is 9.65. The number of halogens is 2. The highest BCUT2D eigenvalue weighted by Gasteiger charge is 2.06. The van der Waals surface area contributed by atoms with Gasteiger partial charge in [-0.2, -0.15) is 0 Å². The minimum absolute atomic E-state index is 0. The Morgan fingerprint density at radius 3 is 1.73 bits per heavy atom. The summed E-state index contributed by atoms with van der Waals surface area (Å²) in [6.07, 6.45) is 0.931. The maximum Gasteiger partial charge on any atom is 0.124 e. The summed E-state index contributed by atoms with van der Waals surface area (Å²) in [7, 11) is 0. The lowest BCUT2D eigenvalue weighted by molar-refractivity contribution is 0.461. The van der Waals surface area contributed by atoms with E-state index in [-0.39, 0.29) is 30.6 Å². The van der Waals surface area contributed by atoms with Crippen molar-refractivity contribution < 1.29 is 5.11 Å². The standard InChI is InChI=1S/C10H16N2O.2ClH/c1-2-7-3-8(5-11)10(13)9(4-7)6-12;;/h3-4,13H,2,5-6,11-12H2,1H3;2*1H. The average Bonchev–Trinajstić information content (AvgIpc) is 2.18. The Morgan fingerprint density at radius 2 is 1.47 bits per heavy atom. The minimum atomic E-state index is 0. The van der Waals surface area contributed by atoms with Crippen LogP contribution in [0, 0.1) is 0 Å². The van der Waals surface area contributed by atoms with Gasteiger partial charge >= 0.3 is 0 Å². The second-order valence-corrected chi connectivity index (χ2v) is 3.02. The lowest BCUT2D eigenvalue weighted by Crippen LogP contribution is -2.03. The first kappa shape index (κ1) is 16.9. The molecule has 5 N–H and O–H groups in total. The molecule has 0 radical (unpaired) electrons. The second kappa shape index (κ2) is 7.77. The van der Waals surface area contributed by atoms with Crippen LogP contribution >= 0.6 is 24.8 Å². The van der Waals surface area contributed by atoms with Crippen LogP contribution in [0.2, 0.25) is 0 Å². The Balaban J connectivity index is 0. The molecule has 0 heterocycles. The summed E-state index contributed by atoms with van der Waals surface area (Å²) >= 11 is 0. The van der Waals surface area contributed by atoms with E-state index in [2.05, 4.69) is 6.92 Å². The number of hydrogen-bond donors (Lipinski definition) is 3. The molecule has 1 rings (SSSR count). The van der Waals surface area contributed by atoms with Crippen molar-refractivity contribution >= 4 is 24.8 Å². The molecule has 88 valence electrons. The number of aryl methyl sites for hydroxylation is 1. The molecule has 0 saturated carbocycles. The van der Waals surface area contributed by atoms with E-state index >= 15 is 0 Å². The number of phenolic OH excluding ortho intramolecular Hbond substituents is 1. The van der Waals surface area contributed by atoms with Gasteiger partial charge in [0.25, 0.3) is 0 Å². The molecule has 0 saturated heterocycles. The Bertz CT molecular complexity index is 280. The predicted molar refractivity (Wildman–Crippen MR) is 67.8 cm³/mol. The molecule has 0 amide bonds. The van der Waals surface area contributed by atoms with Crippen LogP contribution in [-0.2, 0) is 19.5 Å². The van der Waals surface area contributed by atoms with Crippen molar-refractivity contribution in [3.05, 3.63) is 28.8 Å². The van der Waals surface area contributed by atoms with Crippen molar-refractivity contribution in [1.29, 1.82) is 0 Å². The fraction of sp³-hybridized carbons (Fsp3) is 0.400. The molecule has 0 unspecified atom stereocenters. The molecular formula is C10H18Cl2N2O. The van der Waals surface area contributed by atoms with Crippen LogP contribution in [0.3, 0.4) is 0 Å². The highest BCUT2D eigenvalue weighted by atomic mass is 35.5. The van der Waals surface area contributed by atoms with E-state index in [0.29, 0.717) is 13.1 Å². The van der Waals surface area contributed by atoms with Crippen molar-refractivity contribution in [3.8, 4) is 5.75 Å². The second-order valence-electron chi connectivity index (χ2n) is 3.02. The summed E-state index contributed by atoms with van der Waals surface area (Å²) in [6, 6.07) is 3.85. The van der Waals surface area contributed by atoms with Gasteiger partial charge < -0.3 is 16.6 Å². The van der Waals surface area contributed by atoms with Crippen LogP contribution in [0.4, 0.5) is 0 Å². The molecule has 0 bridgehead atoms. The van der Waals surface area contributed by atoms with E-state index in [4.69, 9.17) is 11.5 Å². The fourth-order valence-electron chi connectivity index (χ4n) is 1.35. The van der Waals surface area contributed by atoms with E-state index in [0.717, 1.165) is 17.5 Å². The maximum atomic E-state index is 9.65. The third-order valence-electron chi connectivity index (χ3n) is 2.18. The molecule has 0 aliphatic carbocycles. The number of benzene rings is 1. The highest BCUT2D eigenvalue weighted by Crippen LogP contribution is 2.24. The molecular weight excluding hydrogens is 235 g/mol. The van der Waals surface area contributed by atoms with E-state index < -0.39 is 0 Å². The average molecular weight is 253 g/mol. The van der Waals surface area contributed by atoms with E-state index in [1.165, 1.54) is 5.56 Å². The van der Waals surface area contributed by atoms with Crippen LogP contribution in [-0.4, -0.2) is 5.11 Å². The summed E-state index contributed by atoms with van der Waals surface area (Å²) in [5.74, 6) is 0.252. The number of hydrogen-bond acceptors (Lipinski definition) is 3. The molecule has 3 nitrogen and oxygen atoms in total. The predicted octanol–water partition coefficient (Wildman–Crippen LogP) is 1.72. The summed E-state index contributed by atoms with van der Waals surface area (Å²) < 4.78 is 0. The number of nitrogens with two attached hydrogens (primary N) is 2. The quantitative estimate of drug-likeness (QED) is 0.767. The summed E-state index contributed by atoms with van der Waals surface area (Å²) in [5.41, 5.74) is 13.7. The Hall–Kier alpha value is -0.480. The van der Waals surface area contributed by atoms with Gasteiger partial charge in [-0.1, -0.05) is 19.1 Å². The van der Waals surface area contributed by atoms with Crippen LogP contribution in [0.1, 0.15) is 23.6 Å². The van der Waals surface area contributed by atoms with Gasteiger partial charge in [0.2, 0.25) is 0 Å². The van der Waals surface area contributed by atoms with Crippen molar-refractivity contribution in [2.75, 3.05) is 0 Å². The fourth-order valence-corrected chi connectivity index (χ4v) is 1.35. The summed E-state index contributed by atoms with van der Waals surface area (Å²) in [6.45, 7) is 2.77. The molecule has 0 fully saturated rings. The van der Waals surface area contributed by atoms with E-state index in [1.54, 1.807) is 0 Å². The lowest BCUT2D eigenvalue weighted by Gasteiger charge is -2.09. The molecule has 1 aromatic carbocycles. The first-order valence-corrected chi connectivity index (χ1v) is 4.46. The van der Waals surface area contributed by atoms with Gasteiger partial charge in [0.15, 0.2) is 0 Å². The lowest BCUT2D eigenvalue weighted by atomic mass is 10.0. The third-order valence-corrected chi connectivity index (χ3v) is 2.18. The Morgan fingerprint density at radius 1 is 1.07 bits per heavy atom. The number of rotatable bonds is 3. The first-order chi connectivity index (χ1) is 6.22. The molecule has 0 aliphatic heterocycles. The van der Waals surface area contributed by atoms with Gasteiger partial charge in [-0.25, -0.2) is 0 Å². The van der Waals surface area contributed by atoms with Crippen molar-refractivity contribution in [2.24, 2.45) is 11.5 Å². The first-order valence-electron chi connectivity index (χ1n) is 4.46. The molecule has 5 heteroatoms. The largest absolute Gasteiger partial charge is 0.507 e. The topological polar surface area (TPSA) is 72.3 Å². The number of aromatic hydroxyl groups is 1. The maximum absolute atomic E-state index is 9.65. The minimum Gasteiger partial charge on any atom is -0.507 e. The van der Waals surface area contributed by atoms with Crippen LogP contribution in [0.25, 0.3) is 0 Å². The van der Waals surface area contributed by atoms with Crippen LogP contribution in [0.15, 0.2) is 12.1 Å². The van der Waals surface area contributed by atoms with Crippen LogP contribution in [0.5, 0.6) is 5.75 Å². The van der Waals surface area contributed by atoms with Crippen LogP contribution < -0.4 is 11.5 Å². The molecule has 0 aromatic heterocycles. The smallest absolute Gasteiger partial charge is 0.124 e. The SMILES string of the molecule is CCc1cc(CN)c(O)c(CN)c1.Cl.Cl. The zero-order valence-electron chi connectivity index (χ0n) is 8.69.